The van der Waals surface area contributed by atoms with E-state index in [4.69, 9.17) is 11.5 Å². The van der Waals surface area contributed by atoms with Crippen LogP contribution in [-0.2, 0) is 9.59 Å². The molecular weight excluding hydrogens is 254 g/mol. The number of nitrogens with two attached hydrogens (primary N) is 2. The molecule has 1 unspecified atom stereocenters. The van der Waals surface area contributed by atoms with Crippen LogP contribution in [0.15, 0.2) is 0 Å². The lowest BCUT2D eigenvalue weighted by Gasteiger charge is -2.33. The molecule has 0 bridgehead atoms. The molecule has 1 aliphatic rings. The number of primary amides is 1. The molecule has 0 aromatic heterocycles. The molecule has 20 heavy (non-hydrogen) atoms. The Morgan fingerprint density at radius 1 is 1.25 bits per heavy atom. The molecule has 5 nitrogen and oxygen atoms in total. The van der Waals surface area contributed by atoms with Gasteiger partial charge in [-0.2, -0.15) is 0 Å². The third-order valence-corrected chi connectivity index (χ3v) is 3.87. The first-order valence-electron chi connectivity index (χ1n) is 7.53. The van der Waals surface area contributed by atoms with Crippen molar-refractivity contribution < 1.29 is 9.59 Å². The monoisotopic (exact) mass is 283 g/mol. The first-order valence-corrected chi connectivity index (χ1v) is 7.53. The number of nitrogens with zero attached hydrogens (tertiary/aromatic N) is 1. The summed E-state index contributed by atoms with van der Waals surface area (Å²) in [6.45, 7) is 6.62. The van der Waals surface area contributed by atoms with Crippen LogP contribution in [0.3, 0.4) is 0 Å². The number of hydrogen-bond donors (Lipinski definition) is 2. The number of carbonyl (C=O) groups excluding carboxylic acids is 2. The molecule has 0 aromatic carbocycles. The number of hydrogen-bond acceptors (Lipinski definition) is 3. The van der Waals surface area contributed by atoms with E-state index in [2.05, 4.69) is 20.8 Å². The minimum Gasteiger partial charge on any atom is -0.368 e. The standard InChI is InChI=1S/C15H29N3O2/c1-15(2,3)8-11(9-16)14(20)18(10-13(17)19)12-6-4-5-7-12/h11-12H,4-10,16H2,1-3H3,(H2,17,19). The van der Waals surface area contributed by atoms with E-state index in [1.54, 1.807) is 4.90 Å². The Morgan fingerprint density at radius 3 is 2.20 bits per heavy atom. The van der Waals surface area contributed by atoms with Crippen molar-refractivity contribution in [1.29, 1.82) is 0 Å². The van der Waals surface area contributed by atoms with E-state index in [9.17, 15) is 9.59 Å². The molecule has 0 spiro atoms. The number of amides is 2. The Hall–Kier alpha value is -1.10. The average Bonchev–Trinajstić information content (AvgIpc) is 2.84. The van der Waals surface area contributed by atoms with Crippen molar-refractivity contribution in [3.8, 4) is 0 Å². The summed E-state index contributed by atoms with van der Waals surface area (Å²) in [7, 11) is 0. The fraction of sp³-hybridized carbons (Fsp3) is 0.867. The van der Waals surface area contributed by atoms with Crippen LogP contribution < -0.4 is 11.5 Å². The van der Waals surface area contributed by atoms with Gasteiger partial charge >= 0.3 is 0 Å². The van der Waals surface area contributed by atoms with Gasteiger partial charge < -0.3 is 16.4 Å². The van der Waals surface area contributed by atoms with Gasteiger partial charge in [0, 0.05) is 12.6 Å². The van der Waals surface area contributed by atoms with E-state index in [-0.39, 0.29) is 29.8 Å². The van der Waals surface area contributed by atoms with Gasteiger partial charge in [-0.15, -0.1) is 0 Å². The summed E-state index contributed by atoms with van der Waals surface area (Å²) in [6.07, 6.45) is 4.88. The summed E-state index contributed by atoms with van der Waals surface area (Å²) in [6, 6.07) is 0.156. The van der Waals surface area contributed by atoms with Gasteiger partial charge in [-0.3, -0.25) is 9.59 Å². The van der Waals surface area contributed by atoms with Gasteiger partial charge in [0.1, 0.15) is 0 Å². The zero-order valence-corrected chi connectivity index (χ0v) is 13.0. The predicted octanol–water partition coefficient (Wildman–Crippen LogP) is 1.25. The second-order valence-electron chi connectivity index (χ2n) is 7.07. The predicted molar refractivity (Wildman–Crippen MR) is 79.8 cm³/mol. The Morgan fingerprint density at radius 2 is 1.80 bits per heavy atom. The zero-order valence-electron chi connectivity index (χ0n) is 13.0. The minimum atomic E-state index is -0.447. The maximum Gasteiger partial charge on any atom is 0.237 e. The highest BCUT2D eigenvalue weighted by molar-refractivity contribution is 5.85. The quantitative estimate of drug-likeness (QED) is 0.769. The molecule has 1 rings (SSSR count). The van der Waals surface area contributed by atoms with E-state index >= 15 is 0 Å². The maximum atomic E-state index is 12.7. The summed E-state index contributed by atoms with van der Waals surface area (Å²) in [5, 5.41) is 0. The van der Waals surface area contributed by atoms with Crippen molar-refractivity contribution >= 4 is 11.8 Å². The van der Waals surface area contributed by atoms with Crippen molar-refractivity contribution in [2.45, 2.75) is 58.9 Å². The molecule has 4 N–H and O–H groups in total. The van der Waals surface area contributed by atoms with E-state index in [0.29, 0.717) is 6.54 Å². The van der Waals surface area contributed by atoms with Gasteiger partial charge in [0.15, 0.2) is 0 Å². The molecule has 0 saturated heterocycles. The molecule has 1 aliphatic carbocycles. The largest absolute Gasteiger partial charge is 0.368 e. The van der Waals surface area contributed by atoms with Crippen LogP contribution in [-0.4, -0.2) is 35.8 Å². The van der Waals surface area contributed by atoms with Gasteiger partial charge in [0.25, 0.3) is 0 Å². The summed E-state index contributed by atoms with van der Waals surface area (Å²) in [5.74, 6) is -0.681. The van der Waals surface area contributed by atoms with Crippen LogP contribution in [0.4, 0.5) is 0 Å². The SMILES string of the molecule is CC(C)(C)CC(CN)C(=O)N(CC(N)=O)C1CCCC1. The summed E-state index contributed by atoms with van der Waals surface area (Å²) < 4.78 is 0. The van der Waals surface area contributed by atoms with E-state index in [0.717, 1.165) is 32.1 Å². The van der Waals surface area contributed by atoms with Crippen molar-refractivity contribution in [3.63, 3.8) is 0 Å². The van der Waals surface area contributed by atoms with Crippen LogP contribution in [0, 0.1) is 11.3 Å². The molecule has 1 atom stereocenters. The lowest BCUT2D eigenvalue weighted by Crippen LogP contribution is -2.48. The number of carbonyl (C=O) groups is 2. The minimum absolute atomic E-state index is 0.00637. The third-order valence-electron chi connectivity index (χ3n) is 3.87. The Bertz CT molecular complexity index is 344. The van der Waals surface area contributed by atoms with Crippen molar-refractivity contribution in [1.82, 2.24) is 4.90 Å². The topological polar surface area (TPSA) is 89.4 Å². The molecule has 2 amide bonds. The molecule has 0 aliphatic heterocycles. The first kappa shape index (κ1) is 17.0. The molecular formula is C15H29N3O2. The van der Waals surface area contributed by atoms with E-state index in [1.165, 1.54) is 0 Å². The van der Waals surface area contributed by atoms with E-state index < -0.39 is 5.91 Å². The zero-order chi connectivity index (χ0) is 15.3. The fourth-order valence-corrected chi connectivity index (χ4v) is 3.02. The molecule has 1 fully saturated rings. The van der Waals surface area contributed by atoms with Crippen LogP contribution >= 0.6 is 0 Å². The molecule has 1 saturated carbocycles. The van der Waals surface area contributed by atoms with Gasteiger partial charge in [0.05, 0.1) is 12.5 Å². The van der Waals surface area contributed by atoms with E-state index in [1.807, 2.05) is 0 Å². The average molecular weight is 283 g/mol. The van der Waals surface area contributed by atoms with Gasteiger partial charge in [0.2, 0.25) is 11.8 Å². The highest BCUT2D eigenvalue weighted by Gasteiger charge is 2.33. The molecule has 5 heteroatoms. The Labute approximate surface area is 122 Å². The normalized spacial score (nSPS) is 18.0. The van der Waals surface area contributed by atoms with Crippen molar-refractivity contribution in [2.75, 3.05) is 13.1 Å². The third kappa shape index (κ3) is 5.12. The Balaban J connectivity index is 2.81. The summed E-state index contributed by atoms with van der Waals surface area (Å²) in [4.78, 5) is 25.7. The molecule has 0 radical (unpaired) electrons. The van der Waals surface area contributed by atoms with Crippen molar-refractivity contribution in [2.24, 2.45) is 22.8 Å². The maximum absolute atomic E-state index is 12.7. The smallest absolute Gasteiger partial charge is 0.237 e. The first-order chi connectivity index (χ1) is 9.24. The fourth-order valence-electron chi connectivity index (χ4n) is 3.02. The molecule has 0 aromatic rings. The molecule has 116 valence electrons. The van der Waals surface area contributed by atoms with Gasteiger partial charge in [-0.1, -0.05) is 33.6 Å². The summed E-state index contributed by atoms with van der Waals surface area (Å²) >= 11 is 0. The number of rotatable bonds is 6. The lowest BCUT2D eigenvalue weighted by atomic mass is 9.84. The highest BCUT2D eigenvalue weighted by Crippen LogP contribution is 2.29. The second kappa shape index (κ2) is 7.07. The van der Waals surface area contributed by atoms with Crippen molar-refractivity contribution in [3.05, 3.63) is 0 Å². The van der Waals surface area contributed by atoms with Crippen LogP contribution in [0.5, 0.6) is 0 Å². The summed E-state index contributed by atoms with van der Waals surface area (Å²) in [5.41, 5.74) is 11.1. The molecule has 0 heterocycles. The van der Waals surface area contributed by atoms with Crippen LogP contribution in [0.25, 0.3) is 0 Å². The second-order valence-corrected chi connectivity index (χ2v) is 7.07. The van der Waals surface area contributed by atoms with Gasteiger partial charge in [-0.25, -0.2) is 0 Å². The Kier molecular flexibility index (Phi) is 5.99. The van der Waals surface area contributed by atoms with Crippen LogP contribution in [0.1, 0.15) is 52.9 Å². The highest BCUT2D eigenvalue weighted by atomic mass is 16.2. The van der Waals surface area contributed by atoms with Gasteiger partial charge in [-0.05, 0) is 24.7 Å². The lowest BCUT2D eigenvalue weighted by molar-refractivity contribution is -0.141. The van der Waals surface area contributed by atoms with Crippen LogP contribution in [0.2, 0.25) is 0 Å².